The van der Waals surface area contributed by atoms with Gasteiger partial charge in [-0.25, -0.2) is 9.78 Å². The van der Waals surface area contributed by atoms with Gasteiger partial charge in [0.25, 0.3) is 0 Å². The number of para-hydroxylation sites is 1. The number of hydrogen-bond donors (Lipinski definition) is 1. The van der Waals surface area contributed by atoms with E-state index in [-0.39, 0.29) is 6.03 Å². The van der Waals surface area contributed by atoms with Crippen LogP contribution < -0.4 is 10.1 Å². The van der Waals surface area contributed by atoms with Crippen LogP contribution in [0.5, 0.6) is 5.75 Å². The maximum absolute atomic E-state index is 12.9. The summed E-state index contributed by atoms with van der Waals surface area (Å²) in [7, 11) is 5.24. The molecule has 0 aliphatic heterocycles. The Morgan fingerprint density at radius 3 is 2.64 bits per heavy atom. The number of ether oxygens (including phenoxy) is 1. The van der Waals surface area contributed by atoms with Crippen molar-refractivity contribution < 1.29 is 9.53 Å². The minimum Gasteiger partial charge on any atom is -0.496 e. The highest BCUT2D eigenvalue weighted by Gasteiger charge is 2.25. The van der Waals surface area contributed by atoms with Gasteiger partial charge in [0.05, 0.1) is 7.11 Å². The van der Waals surface area contributed by atoms with Crippen molar-refractivity contribution in [3.05, 3.63) is 82.9 Å². The first-order chi connectivity index (χ1) is 13.5. The summed E-state index contributed by atoms with van der Waals surface area (Å²) >= 11 is 6.23. The van der Waals surface area contributed by atoms with E-state index in [0.29, 0.717) is 23.1 Å². The number of rotatable bonds is 6. The monoisotopic (exact) mass is 398 g/mol. The number of methoxy groups -OCH3 is 1. The molecule has 6 nitrogen and oxygen atoms in total. The number of halogens is 1. The molecule has 0 spiro atoms. The van der Waals surface area contributed by atoms with Crippen molar-refractivity contribution in [1.82, 2.24) is 19.8 Å². The molecule has 3 aromatic rings. The molecular formula is C21H23ClN4O2. The number of aryl methyl sites for hydroxylation is 1. The molecule has 0 bridgehead atoms. The van der Waals surface area contributed by atoms with Crippen molar-refractivity contribution in [1.29, 1.82) is 0 Å². The smallest absolute Gasteiger partial charge is 0.318 e. The lowest BCUT2D eigenvalue weighted by atomic mass is 10.0. The normalized spacial score (nSPS) is 11.7. The molecule has 3 rings (SSSR count). The maximum atomic E-state index is 12.9. The van der Waals surface area contributed by atoms with Crippen LogP contribution in [0, 0.1) is 0 Å². The Hall–Kier alpha value is -2.99. The van der Waals surface area contributed by atoms with E-state index in [1.165, 1.54) is 0 Å². The molecule has 2 amide bonds. The Morgan fingerprint density at radius 1 is 1.25 bits per heavy atom. The van der Waals surface area contributed by atoms with Crippen LogP contribution in [-0.4, -0.2) is 34.6 Å². The fourth-order valence-electron chi connectivity index (χ4n) is 3.03. The second kappa shape index (κ2) is 8.80. The zero-order valence-electron chi connectivity index (χ0n) is 16.1. The zero-order valence-corrected chi connectivity index (χ0v) is 16.8. The van der Waals surface area contributed by atoms with Crippen molar-refractivity contribution in [3.8, 4) is 5.75 Å². The zero-order chi connectivity index (χ0) is 20.1. The van der Waals surface area contributed by atoms with Crippen molar-refractivity contribution in [2.45, 2.75) is 12.6 Å². The van der Waals surface area contributed by atoms with Crippen LogP contribution >= 0.6 is 11.6 Å². The number of nitrogens with zero attached hydrogens (tertiary/aromatic N) is 3. The van der Waals surface area contributed by atoms with Crippen LogP contribution in [0.1, 0.15) is 23.0 Å². The van der Waals surface area contributed by atoms with Crippen LogP contribution in [0.4, 0.5) is 4.79 Å². The van der Waals surface area contributed by atoms with Gasteiger partial charge in [-0.15, -0.1) is 0 Å². The van der Waals surface area contributed by atoms with Crippen molar-refractivity contribution in [2.24, 2.45) is 7.05 Å². The van der Waals surface area contributed by atoms with Crippen LogP contribution in [0.15, 0.2) is 60.9 Å². The van der Waals surface area contributed by atoms with Crippen molar-refractivity contribution in [3.63, 3.8) is 0 Å². The first kappa shape index (κ1) is 19.8. The molecule has 1 atom stereocenters. The highest BCUT2D eigenvalue weighted by molar-refractivity contribution is 6.31. The number of imidazole rings is 1. The van der Waals surface area contributed by atoms with Gasteiger partial charge in [0.2, 0.25) is 0 Å². The average Bonchev–Trinajstić information content (AvgIpc) is 3.13. The predicted octanol–water partition coefficient (Wildman–Crippen LogP) is 4.01. The third kappa shape index (κ3) is 4.28. The summed E-state index contributed by atoms with van der Waals surface area (Å²) in [5.41, 5.74) is 1.71. The van der Waals surface area contributed by atoms with E-state index in [2.05, 4.69) is 10.3 Å². The second-order valence-electron chi connectivity index (χ2n) is 6.47. The molecule has 1 heterocycles. The molecule has 0 saturated carbocycles. The highest BCUT2D eigenvalue weighted by Crippen LogP contribution is 2.29. The summed E-state index contributed by atoms with van der Waals surface area (Å²) in [5, 5.41) is 3.70. The number of nitrogens with one attached hydrogen (secondary N) is 1. The number of benzene rings is 2. The SMILES string of the molecule is COc1ccccc1C(NC(=O)N(C)Cc1ccccc1Cl)c1nccn1C. The van der Waals surface area contributed by atoms with Gasteiger partial charge in [0.15, 0.2) is 0 Å². The molecule has 0 fully saturated rings. The average molecular weight is 399 g/mol. The summed E-state index contributed by atoms with van der Waals surface area (Å²) < 4.78 is 7.38. The van der Waals surface area contributed by atoms with Gasteiger partial charge in [0, 0.05) is 43.6 Å². The molecule has 28 heavy (non-hydrogen) atoms. The largest absolute Gasteiger partial charge is 0.496 e. The van der Waals surface area contributed by atoms with E-state index < -0.39 is 6.04 Å². The van der Waals surface area contributed by atoms with Crippen molar-refractivity contribution in [2.75, 3.05) is 14.2 Å². The molecule has 0 radical (unpaired) electrons. The molecular weight excluding hydrogens is 376 g/mol. The molecule has 2 aromatic carbocycles. The van der Waals surface area contributed by atoms with Gasteiger partial charge < -0.3 is 19.5 Å². The van der Waals surface area contributed by atoms with E-state index in [4.69, 9.17) is 16.3 Å². The summed E-state index contributed by atoms with van der Waals surface area (Å²) in [6.07, 6.45) is 3.55. The quantitative estimate of drug-likeness (QED) is 0.682. The standard InChI is InChI=1S/C21H23ClN4O2/c1-25-13-12-23-20(25)19(16-9-5-7-11-18(16)28-3)24-21(27)26(2)14-15-8-4-6-10-17(15)22/h4-13,19H,14H2,1-3H3,(H,24,27). The summed E-state index contributed by atoms with van der Waals surface area (Å²) in [6, 6.07) is 14.4. The fraction of sp³-hybridized carbons (Fsp3) is 0.238. The molecule has 1 aromatic heterocycles. The van der Waals surface area contributed by atoms with E-state index in [1.54, 1.807) is 25.3 Å². The van der Waals surface area contributed by atoms with Gasteiger partial charge in [0.1, 0.15) is 17.6 Å². The minimum atomic E-state index is -0.461. The number of carbonyl (C=O) groups is 1. The van der Waals surface area contributed by atoms with Crippen LogP contribution in [-0.2, 0) is 13.6 Å². The highest BCUT2D eigenvalue weighted by atomic mass is 35.5. The van der Waals surface area contributed by atoms with Crippen LogP contribution in [0.3, 0.4) is 0 Å². The van der Waals surface area contributed by atoms with Crippen molar-refractivity contribution >= 4 is 17.6 Å². The van der Waals surface area contributed by atoms with E-state index >= 15 is 0 Å². The molecule has 7 heteroatoms. The topological polar surface area (TPSA) is 59.4 Å². The minimum absolute atomic E-state index is 0.237. The first-order valence-electron chi connectivity index (χ1n) is 8.86. The molecule has 0 aliphatic rings. The van der Waals surface area contributed by atoms with Gasteiger partial charge in [-0.05, 0) is 17.7 Å². The van der Waals surface area contributed by atoms with Gasteiger partial charge in [-0.2, -0.15) is 0 Å². The Kier molecular flexibility index (Phi) is 6.21. The molecule has 0 saturated heterocycles. The van der Waals surface area contributed by atoms with Gasteiger partial charge in [-0.3, -0.25) is 0 Å². The molecule has 0 aliphatic carbocycles. The lowest BCUT2D eigenvalue weighted by Gasteiger charge is -2.25. The van der Waals surface area contributed by atoms with Crippen LogP contribution in [0.2, 0.25) is 5.02 Å². The number of carbonyl (C=O) groups excluding carboxylic acids is 1. The number of amides is 2. The Morgan fingerprint density at radius 2 is 1.96 bits per heavy atom. The Bertz CT molecular complexity index is 957. The summed E-state index contributed by atoms with van der Waals surface area (Å²) in [6.45, 7) is 0.394. The van der Waals surface area contributed by atoms with E-state index in [9.17, 15) is 4.79 Å². The summed E-state index contributed by atoms with van der Waals surface area (Å²) in [4.78, 5) is 19.0. The predicted molar refractivity (Wildman–Crippen MR) is 109 cm³/mol. The van der Waals surface area contributed by atoms with Crippen LogP contribution in [0.25, 0.3) is 0 Å². The van der Waals surface area contributed by atoms with Gasteiger partial charge >= 0.3 is 6.03 Å². The third-order valence-electron chi connectivity index (χ3n) is 4.55. The van der Waals surface area contributed by atoms with E-state index in [0.717, 1.165) is 11.1 Å². The Balaban J connectivity index is 1.86. The Labute approximate surface area is 169 Å². The number of hydrogen-bond acceptors (Lipinski definition) is 3. The first-order valence-corrected chi connectivity index (χ1v) is 9.24. The number of urea groups is 1. The molecule has 1 unspecified atom stereocenters. The second-order valence-corrected chi connectivity index (χ2v) is 6.88. The number of aromatic nitrogens is 2. The lowest BCUT2D eigenvalue weighted by Crippen LogP contribution is -2.40. The fourth-order valence-corrected chi connectivity index (χ4v) is 3.22. The summed E-state index contributed by atoms with van der Waals surface area (Å²) in [5.74, 6) is 1.40. The van der Waals surface area contributed by atoms with Gasteiger partial charge in [-0.1, -0.05) is 48.0 Å². The maximum Gasteiger partial charge on any atom is 0.318 e. The molecule has 146 valence electrons. The molecule has 1 N–H and O–H groups in total. The lowest BCUT2D eigenvalue weighted by molar-refractivity contribution is 0.203. The third-order valence-corrected chi connectivity index (χ3v) is 4.92. The van der Waals surface area contributed by atoms with E-state index in [1.807, 2.05) is 66.3 Å².